The predicted octanol–water partition coefficient (Wildman–Crippen LogP) is 2.12. The minimum Gasteiger partial charge on any atom is -0.363 e. The van der Waals surface area contributed by atoms with E-state index in [1.807, 2.05) is 13.8 Å². The zero-order chi connectivity index (χ0) is 15.6. The highest BCUT2D eigenvalue weighted by Gasteiger charge is 2.67. The van der Waals surface area contributed by atoms with E-state index in [1.165, 1.54) is 0 Å². The van der Waals surface area contributed by atoms with Crippen LogP contribution in [0.2, 0.25) is 0 Å². The molecule has 2 saturated heterocycles. The van der Waals surface area contributed by atoms with Crippen LogP contribution in [0.1, 0.15) is 26.7 Å². The second-order valence-electron chi connectivity index (χ2n) is 7.01. The molecule has 2 heterocycles. The first-order chi connectivity index (χ1) is 10.3. The van der Waals surface area contributed by atoms with E-state index in [4.69, 9.17) is 14.5 Å². The normalized spacial score (nSPS) is 43.5. The van der Waals surface area contributed by atoms with Crippen LogP contribution in [0, 0.1) is 5.92 Å². The van der Waals surface area contributed by atoms with E-state index in [0.29, 0.717) is 4.90 Å². The van der Waals surface area contributed by atoms with E-state index in [9.17, 15) is 8.42 Å². The van der Waals surface area contributed by atoms with Gasteiger partial charge in [0.15, 0.2) is 9.84 Å². The Balaban J connectivity index is 1.58. The van der Waals surface area contributed by atoms with Crippen molar-refractivity contribution in [2.24, 2.45) is 5.92 Å². The van der Waals surface area contributed by atoms with Gasteiger partial charge in [-0.3, -0.25) is 0 Å². The van der Waals surface area contributed by atoms with Crippen molar-refractivity contribution in [1.29, 1.82) is 0 Å². The minimum absolute atomic E-state index is 0.0785. The van der Waals surface area contributed by atoms with Crippen LogP contribution < -0.4 is 0 Å². The summed E-state index contributed by atoms with van der Waals surface area (Å²) in [4.78, 5) is 11.4. The van der Waals surface area contributed by atoms with Crippen molar-refractivity contribution < 1.29 is 22.9 Å². The van der Waals surface area contributed by atoms with Gasteiger partial charge >= 0.3 is 0 Å². The summed E-state index contributed by atoms with van der Waals surface area (Å²) in [5.41, 5.74) is -1.07. The van der Waals surface area contributed by atoms with Gasteiger partial charge in [-0.2, -0.15) is 0 Å². The fourth-order valence-electron chi connectivity index (χ4n) is 3.78. The zero-order valence-corrected chi connectivity index (χ0v) is 13.5. The first-order valence-corrected chi connectivity index (χ1v) is 9.29. The molecule has 0 amide bonds. The molecule has 1 aliphatic carbocycles. The Bertz CT molecular complexity index is 688. The molecule has 5 nitrogen and oxygen atoms in total. The molecule has 5 atom stereocenters. The average molecular weight is 324 g/mol. The van der Waals surface area contributed by atoms with Crippen molar-refractivity contribution in [3.63, 3.8) is 0 Å². The predicted molar refractivity (Wildman–Crippen MR) is 78.9 cm³/mol. The van der Waals surface area contributed by atoms with Gasteiger partial charge in [0.1, 0.15) is 17.3 Å². The molecule has 3 fully saturated rings. The highest BCUT2D eigenvalue weighted by atomic mass is 32.2. The second-order valence-corrected chi connectivity index (χ2v) is 9.00. The SMILES string of the molecule is CC1(CS(=O)(=O)c2ccccc2)OOC2CC1CC1OC21C. The summed E-state index contributed by atoms with van der Waals surface area (Å²) < 4.78 is 31.0. The van der Waals surface area contributed by atoms with Crippen LogP contribution >= 0.6 is 0 Å². The van der Waals surface area contributed by atoms with Gasteiger partial charge in [-0.15, -0.1) is 0 Å². The number of epoxide rings is 1. The Morgan fingerprint density at radius 2 is 1.82 bits per heavy atom. The molecule has 1 aromatic rings. The molecule has 0 radical (unpaired) electrons. The van der Waals surface area contributed by atoms with Crippen molar-refractivity contribution in [3.05, 3.63) is 30.3 Å². The van der Waals surface area contributed by atoms with Gasteiger partial charge < -0.3 is 4.74 Å². The lowest BCUT2D eigenvalue weighted by atomic mass is 9.73. The van der Waals surface area contributed by atoms with Crippen molar-refractivity contribution in [3.8, 4) is 0 Å². The van der Waals surface area contributed by atoms with E-state index in [-0.39, 0.29) is 29.5 Å². The summed E-state index contributed by atoms with van der Waals surface area (Å²) in [6, 6.07) is 8.50. The molecule has 2 bridgehead atoms. The molecule has 120 valence electrons. The molecule has 3 aliphatic rings. The van der Waals surface area contributed by atoms with E-state index < -0.39 is 15.4 Å². The summed E-state index contributed by atoms with van der Waals surface area (Å²) in [7, 11) is -3.42. The maximum atomic E-state index is 12.7. The number of hydrogen-bond acceptors (Lipinski definition) is 5. The highest BCUT2D eigenvalue weighted by molar-refractivity contribution is 7.91. The topological polar surface area (TPSA) is 65.1 Å². The molecule has 4 rings (SSSR count). The molecule has 0 aromatic heterocycles. The Morgan fingerprint density at radius 1 is 1.14 bits per heavy atom. The number of sulfone groups is 1. The lowest BCUT2D eigenvalue weighted by Crippen LogP contribution is -2.56. The molecular weight excluding hydrogens is 304 g/mol. The molecule has 0 spiro atoms. The molecule has 5 unspecified atom stereocenters. The largest absolute Gasteiger partial charge is 0.363 e. The van der Waals surface area contributed by atoms with Gasteiger partial charge in [0, 0.05) is 0 Å². The van der Waals surface area contributed by atoms with Crippen molar-refractivity contribution >= 4 is 9.84 Å². The van der Waals surface area contributed by atoms with Crippen LogP contribution in [0.3, 0.4) is 0 Å². The van der Waals surface area contributed by atoms with Crippen LogP contribution in [0.25, 0.3) is 0 Å². The van der Waals surface area contributed by atoms with E-state index in [1.54, 1.807) is 30.3 Å². The van der Waals surface area contributed by atoms with Gasteiger partial charge in [-0.05, 0) is 44.7 Å². The van der Waals surface area contributed by atoms with Crippen LogP contribution in [-0.2, 0) is 24.3 Å². The van der Waals surface area contributed by atoms with Gasteiger partial charge in [0.25, 0.3) is 0 Å². The molecule has 2 aliphatic heterocycles. The number of rotatable bonds is 3. The number of ether oxygens (including phenoxy) is 1. The fraction of sp³-hybridized carbons (Fsp3) is 0.625. The van der Waals surface area contributed by atoms with E-state index in [2.05, 4.69) is 0 Å². The van der Waals surface area contributed by atoms with Gasteiger partial charge in [0.05, 0.1) is 16.8 Å². The Kier molecular flexibility index (Phi) is 3.02. The Labute approximate surface area is 130 Å². The summed E-state index contributed by atoms with van der Waals surface area (Å²) in [5, 5.41) is 0. The Morgan fingerprint density at radius 3 is 2.55 bits per heavy atom. The van der Waals surface area contributed by atoms with Gasteiger partial charge in [-0.25, -0.2) is 18.2 Å². The average Bonchev–Trinajstić information content (AvgIpc) is 3.15. The summed E-state index contributed by atoms with van der Waals surface area (Å²) >= 11 is 0. The van der Waals surface area contributed by atoms with Crippen LogP contribution in [-0.4, -0.2) is 37.6 Å². The monoisotopic (exact) mass is 324 g/mol. The number of fused-ring (bicyclic) bond motifs is 4. The first kappa shape index (κ1) is 14.6. The second kappa shape index (κ2) is 4.54. The third-order valence-corrected chi connectivity index (χ3v) is 7.36. The molecule has 6 heteroatoms. The molecule has 22 heavy (non-hydrogen) atoms. The number of hydrogen-bond donors (Lipinski definition) is 0. The van der Waals surface area contributed by atoms with Crippen LogP contribution in [0.5, 0.6) is 0 Å². The van der Waals surface area contributed by atoms with Crippen LogP contribution in [0.4, 0.5) is 0 Å². The summed E-state index contributed by atoms with van der Waals surface area (Å²) in [6.45, 7) is 3.87. The summed E-state index contributed by atoms with van der Waals surface area (Å²) in [5.74, 6) is 0.0514. The minimum atomic E-state index is -3.42. The smallest absolute Gasteiger partial charge is 0.181 e. The Hall–Kier alpha value is -0.950. The van der Waals surface area contributed by atoms with Crippen molar-refractivity contribution in [1.82, 2.24) is 0 Å². The van der Waals surface area contributed by atoms with Gasteiger partial charge in [0.2, 0.25) is 0 Å². The van der Waals surface area contributed by atoms with E-state index in [0.717, 1.165) is 12.8 Å². The third kappa shape index (κ3) is 2.12. The third-order valence-electron chi connectivity index (χ3n) is 5.41. The van der Waals surface area contributed by atoms with E-state index >= 15 is 0 Å². The fourth-order valence-corrected chi connectivity index (χ4v) is 5.56. The lowest BCUT2D eigenvalue weighted by Gasteiger charge is -2.45. The lowest BCUT2D eigenvalue weighted by molar-refractivity contribution is -0.424. The molecule has 0 N–H and O–H groups in total. The van der Waals surface area contributed by atoms with Crippen molar-refractivity contribution in [2.75, 3.05) is 5.75 Å². The first-order valence-electron chi connectivity index (χ1n) is 7.64. The van der Waals surface area contributed by atoms with Gasteiger partial charge in [-0.1, -0.05) is 18.2 Å². The highest BCUT2D eigenvalue weighted by Crippen LogP contribution is 2.56. The maximum Gasteiger partial charge on any atom is 0.181 e. The zero-order valence-electron chi connectivity index (χ0n) is 12.7. The van der Waals surface area contributed by atoms with Crippen molar-refractivity contribution in [2.45, 2.75) is 55.0 Å². The summed E-state index contributed by atoms with van der Waals surface area (Å²) in [6.07, 6.45) is 1.69. The molecular formula is C16H20O5S. The number of benzene rings is 1. The maximum absolute atomic E-state index is 12.7. The molecule has 1 saturated carbocycles. The standard InChI is InChI=1S/C16H20O5S/c1-15(10-22(17,18)12-6-4-3-5-7-12)11-8-13-16(2,19-13)14(9-11)20-21-15/h3-7,11,13-14H,8-10H2,1-2H3. The quantitative estimate of drug-likeness (QED) is 0.629. The molecule has 1 aromatic carbocycles. The van der Waals surface area contributed by atoms with Crippen LogP contribution in [0.15, 0.2) is 35.2 Å².